The molecule has 1 atom stereocenters. The summed E-state index contributed by atoms with van der Waals surface area (Å²) in [6.45, 7) is 1.72. The molecule has 0 bridgehead atoms. The second-order valence-corrected chi connectivity index (χ2v) is 6.73. The van der Waals surface area contributed by atoms with Gasteiger partial charge in [-0.25, -0.2) is 9.78 Å². The third kappa shape index (κ3) is 4.99. The zero-order valence-electron chi connectivity index (χ0n) is 15.3. The van der Waals surface area contributed by atoms with Crippen LogP contribution >= 0.6 is 11.3 Å². The van der Waals surface area contributed by atoms with Crippen LogP contribution in [0.25, 0.3) is 11.3 Å². The van der Waals surface area contributed by atoms with Gasteiger partial charge < -0.3 is 4.74 Å². The lowest BCUT2D eigenvalue weighted by atomic mass is 10.1. The lowest BCUT2D eigenvalue weighted by molar-refractivity contribution is -0.384. The van der Waals surface area contributed by atoms with Gasteiger partial charge in [0.05, 0.1) is 16.2 Å². The summed E-state index contributed by atoms with van der Waals surface area (Å²) in [5.74, 6) is -1.12. The van der Waals surface area contributed by atoms with E-state index in [1.165, 1.54) is 48.0 Å². The third-order valence-electron chi connectivity index (χ3n) is 3.92. The van der Waals surface area contributed by atoms with Gasteiger partial charge in [0.15, 0.2) is 11.2 Å². The van der Waals surface area contributed by atoms with Crippen molar-refractivity contribution >= 4 is 34.0 Å². The maximum atomic E-state index is 12.5. The second kappa shape index (κ2) is 9.02. The van der Waals surface area contributed by atoms with E-state index in [0.29, 0.717) is 22.0 Å². The molecule has 0 radical (unpaired) electrons. The van der Waals surface area contributed by atoms with Crippen LogP contribution in [0.1, 0.15) is 23.7 Å². The van der Waals surface area contributed by atoms with E-state index < -0.39 is 22.9 Å². The Morgan fingerprint density at radius 3 is 2.72 bits per heavy atom. The fourth-order valence-corrected chi connectivity index (χ4v) is 3.16. The predicted octanol–water partition coefficient (Wildman–Crippen LogP) is 3.69. The minimum atomic E-state index is -0.985. The summed E-state index contributed by atoms with van der Waals surface area (Å²) in [6, 6.07) is 9.06. The number of amides is 1. The number of pyridine rings is 1. The van der Waals surface area contributed by atoms with Crippen molar-refractivity contribution in [1.29, 1.82) is 0 Å². The molecular formula is C19H16N4O5S. The van der Waals surface area contributed by atoms with Crippen molar-refractivity contribution in [1.82, 2.24) is 9.97 Å². The first-order chi connectivity index (χ1) is 14.0. The van der Waals surface area contributed by atoms with Crippen molar-refractivity contribution in [2.45, 2.75) is 19.4 Å². The molecule has 0 aliphatic carbocycles. The van der Waals surface area contributed by atoms with Crippen LogP contribution in [0.4, 0.5) is 10.8 Å². The zero-order chi connectivity index (χ0) is 20.8. The fourth-order valence-electron chi connectivity index (χ4n) is 2.44. The fraction of sp³-hybridized carbons (Fsp3) is 0.158. The van der Waals surface area contributed by atoms with E-state index in [2.05, 4.69) is 15.3 Å². The molecule has 3 aromatic rings. The molecule has 3 rings (SSSR count). The van der Waals surface area contributed by atoms with Gasteiger partial charge in [0, 0.05) is 35.5 Å². The van der Waals surface area contributed by atoms with Crippen LogP contribution in [0.2, 0.25) is 0 Å². The molecule has 1 N–H and O–H groups in total. The Morgan fingerprint density at radius 1 is 1.28 bits per heavy atom. The molecule has 10 heteroatoms. The van der Waals surface area contributed by atoms with Gasteiger partial charge in [-0.05, 0) is 18.6 Å². The molecule has 9 nitrogen and oxygen atoms in total. The number of carbonyl (C=O) groups excluding carboxylic acids is 2. The molecule has 2 aromatic heterocycles. The number of esters is 1. The van der Waals surface area contributed by atoms with Crippen LogP contribution < -0.4 is 5.32 Å². The Hall–Kier alpha value is -3.66. The molecule has 1 amide bonds. The van der Waals surface area contributed by atoms with E-state index in [9.17, 15) is 19.7 Å². The average Bonchev–Trinajstić information content (AvgIpc) is 3.21. The van der Waals surface area contributed by atoms with Crippen LogP contribution in [0.5, 0.6) is 0 Å². The highest BCUT2D eigenvalue weighted by atomic mass is 32.1. The number of rotatable bonds is 7. The molecule has 2 heterocycles. The predicted molar refractivity (Wildman–Crippen MR) is 107 cm³/mol. The lowest BCUT2D eigenvalue weighted by Crippen LogP contribution is -2.32. The number of thiazole rings is 1. The number of non-ortho nitro benzene ring substituents is 1. The van der Waals surface area contributed by atoms with Crippen LogP contribution in [0.3, 0.4) is 0 Å². The van der Waals surface area contributed by atoms with Gasteiger partial charge in [0.1, 0.15) is 0 Å². The number of nitrogens with zero attached hydrogens (tertiary/aromatic N) is 3. The van der Waals surface area contributed by atoms with E-state index >= 15 is 0 Å². The number of aromatic nitrogens is 2. The zero-order valence-corrected chi connectivity index (χ0v) is 16.1. The summed E-state index contributed by atoms with van der Waals surface area (Å²) >= 11 is 1.17. The summed E-state index contributed by atoms with van der Waals surface area (Å²) in [6.07, 6.45) is 2.22. The summed E-state index contributed by atoms with van der Waals surface area (Å²) in [5.41, 5.74) is 1.31. The Kier molecular flexibility index (Phi) is 6.25. The Balaban J connectivity index is 1.68. The van der Waals surface area contributed by atoms with Gasteiger partial charge in [-0.1, -0.05) is 19.1 Å². The van der Waals surface area contributed by atoms with Crippen molar-refractivity contribution in [3.63, 3.8) is 0 Å². The van der Waals surface area contributed by atoms with E-state index in [1.54, 1.807) is 24.4 Å². The first-order valence-corrected chi connectivity index (χ1v) is 9.48. The van der Waals surface area contributed by atoms with Gasteiger partial charge in [-0.2, -0.15) is 0 Å². The molecule has 0 aliphatic rings. The average molecular weight is 412 g/mol. The number of nitro benzene ring substituents is 1. The SMILES string of the molecule is CCC(OC(=O)c1ccncc1)C(=O)Nc1nc(-c2cccc([N+](=O)[O-])c2)cs1. The molecular weight excluding hydrogens is 396 g/mol. The molecule has 1 unspecified atom stereocenters. The van der Waals surface area contributed by atoms with Crippen LogP contribution in [0.15, 0.2) is 54.2 Å². The lowest BCUT2D eigenvalue weighted by Gasteiger charge is -2.15. The van der Waals surface area contributed by atoms with Gasteiger partial charge in [0.2, 0.25) is 0 Å². The number of nitrogens with one attached hydrogen (secondary N) is 1. The normalized spacial score (nSPS) is 11.5. The van der Waals surface area contributed by atoms with Crippen molar-refractivity contribution < 1.29 is 19.2 Å². The number of benzene rings is 1. The molecule has 0 saturated heterocycles. The summed E-state index contributed by atoms with van der Waals surface area (Å²) in [5, 5.41) is 15.5. The number of ether oxygens (including phenoxy) is 1. The molecule has 29 heavy (non-hydrogen) atoms. The van der Waals surface area contributed by atoms with Gasteiger partial charge >= 0.3 is 5.97 Å². The van der Waals surface area contributed by atoms with Crippen LogP contribution in [-0.4, -0.2) is 32.9 Å². The topological polar surface area (TPSA) is 124 Å². The van der Waals surface area contributed by atoms with E-state index in [-0.39, 0.29) is 12.1 Å². The standard InChI is InChI=1S/C19H16N4O5S/c1-2-16(28-18(25)12-6-8-20-9-7-12)17(24)22-19-21-15(11-29-19)13-4-3-5-14(10-13)23(26)27/h3-11,16H,2H2,1H3,(H,21,22,24). The molecule has 0 saturated carbocycles. The Bertz CT molecular complexity index is 1040. The quantitative estimate of drug-likeness (QED) is 0.356. The maximum Gasteiger partial charge on any atom is 0.339 e. The molecule has 148 valence electrons. The monoisotopic (exact) mass is 412 g/mol. The third-order valence-corrected chi connectivity index (χ3v) is 4.67. The van der Waals surface area contributed by atoms with E-state index in [1.807, 2.05) is 0 Å². The maximum absolute atomic E-state index is 12.5. The number of hydrogen-bond donors (Lipinski definition) is 1. The van der Waals surface area contributed by atoms with Gasteiger partial charge in [-0.15, -0.1) is 11.3 Å². The molecule has 0 aliphatic heterocycles. The minimum absolute atomic E-state index is 0.0462. The van der Waals surface area contributed by atoms with Gasteiger partial charge in [-0.3, -0.25) is 25.2 Å². The molecule has 0 fully saturated rings. The summed E-state index contributed by atoms with van der Waals surface area (Å²) < 4.78 is 5.28. The first-order valence-electron chi connectivity index (χ1n) is 8.60. The van der Waals surface area contributed by atoms with Crippen LogP contribution in [0, 0.1) is 10.1 Å². The highest BCUT2D eigenvalue weighted by molar-refractivity contribution is 7.14. The van der Waals surface area contributed by atoms with Crippen molar-refractivity contribution in [3.05, 3.63) is 69.8 Å². The largest absolute Gasteiger partial charge is 0.449 e. The first kappa shape index (κ1) is 20.1. The van der Waals surface area contributed by atoms with Crippen molar-refractivity contribution in [2.75, 3.05) is 5.32 Å². The van der Waals surface area contributed by atoms with E-state index in [4.69, 9.17) is 4.74 Å². The number of hydrogen-bond acceptors (Lipinski definition) is 8. The van der Waals surface area contributed by atoms with Crippen molar-refractivity contribution in [2.24, 2.45) is 0 Å². The highest BCUT2D eigenvalue weighted by Gasteiger charge is 2.23. The highest BCUT2D eigenvalue weighted by Crippen LogP contribution is 2.27. The molecule has 0 spiro atoms. The number of anilines is 1. The minimum Gasteiger partial charge on any atom is -0.449 e. The van der Waals surface area contributed by atoms with Crippen molar-refractivity contribution in [3.8, 4) is 11.3 Å². The summed E-state index contributed by atoms with van der Waals surface area (Å²) in [4.78, 5) is 43.2. The Labute approximate surface area is 169 Å². The Morgan fingerprint density at radius 2 is 2.03 bits per heavy atom. The van der Waals surface area contributed by atoms with E-state index in [0.717, 1.165) is 0 Å². The second-order valence-electron chi connectivity index (χ2n) is 5.87. The number of nitro groups is 1. The smallest absolute Gasteiger partial charge is 0.339 e. The van der Waals surface area contributed by atoms with Crippen LogP contribution in [-0.2, 0) is 9.53 Å². The number of carbonyl (C=O) groups is 2. The van der Waals surface area contributed by atoms with Gasteiger partial charge in [0.25, 0.3) is 11.6 Å². The molecule has 1 aromatic carbocycles. The summed E-state index contributed by atoms with van der Waals surface area (Å²) in [7, 11) is 0.